The second-order valence-electron chi connectivity index (χ2n) is 16.0. The molecule has 62 heavy (non-hydrogen) atoms. The third-order valence-electron chi connectivity index (χ3n) is 10.9. The number of carbonyl (C=O) groups is 1. The normalized spacial score (nSPS) is 17.4. The average molecular weight is 934 g/mol. The highest BCUT2D eigenvalue weighted by atomic mass is 32.2. The van der Waals surface area contributed by atoms with Crippen LogP contribution in [-0.2, 0) is 51.3 Å². The number of benzene rings is 3. The fourth-order valence-corrected chi connectivity index (χ4v) is 9.94. The number of fused-ring (bicyclic) bond motifs is 2. The molecule has 0 aromatic heterocycles. The molecule has 2 aliphatic rings. The third-order valence-corrected chi connectivity index (χ3v) is 14.2. The number of carboxylic acids is 1. The number of hydrogen-bond donors (Lipinski definition) is 5. The van der Waals surface area contributed by atoms with Crippen LogP contribution in [-0.4, -0.2) is 97.8 Å². The van der Waals surface area contributed by atoms with E-state index in [1.807, 2.05) is 37.2 Å². The van der Waals surface area contributed by atoms with E-state index in [0.29, 0.717) is 57.9 Å². The fourth-order valence-electron chi connectivity index (χ4n) is 7.79. The summed E-state index contributed by atoms with van der Waals surface area (Å²) >= 11 is 0. The van der Waals surface area contributed by atoms with Crippen molar-refractivity contribution in [3.05, 3.63) is 125 Å². The Labute approximate surface area is 362 Å². The van der Waals surface area contributed by atoms with Crippen LogP contribution in [0.25, 0.3) is 5.57 Å². The molecule has 2 aliphatic heterocycles. The van der Waals surface area contributed by atoms with Crippen LogP contribution in [0.5, 0.6) is 0 Å². The molecule has 0 spiro atoms. The van der Waals surface area contributed by atoms with Crippen molar-refractivity contribution in [2.75, 3.05) is 29.5 Å². The van der Waals surface area contributed by atoms with Crippen molar-refractivity contribution in [2.45, 2.75) is 74.0 Å². The molecule has 5 N–H and O–H groups in total. The first-order valence-electron chi connectivity index (χ1n) is 19.3. The van der Waals surface area contributed by atoms with Gasteiger partial charge < -0.3 is 10.0 Å². The van der Waals surface area contributed by atoms with Gasteiger partial charge in [-0.15, -0.1) is 0 Å². The molecule has 0 fully saturated rings. The number of aromatic carboxylic acids is 1. The number of nitrogens with zero attached hydrogens (tertiary/aromatic N) is 2. The van der Waals surface area contributed by atoms with Crippen LogP contribution in [0.1, 0.15) is 80.4 Å². The van der Waals surface area contributed by atoms with Crippen LogP contribution in [0.3, 0.4) is 0 Å². The first-order chi connectivity index (χ1) is 28.6. The van der Waals surface area contributed by atoms with Gasteiger partial charge in [-0.25, -0.2) is 4.79 Å². The maximum Gasteiger partial charge on any atom is 0.335 e. The van der Waals surface area contributed by atoms with Crippen LogP contribution in [0.4, 0.5) is 11.4 Å². The Morgan fingerprint density at radius 1 is 0.694 bits per heavy atom. The molecule has 0 saturated carbocycles. The van der Waals surface area contributed by atoms with Gasteiger partial charge in [0.05, 0.1) is 32.3 Å². The summed E-state index contributed by atoms with van der Waals surface area (Å²) in [6.07, 6.45) is 11.5. The lowest BCUT2D eigenvalue weighted by molar-refractivity contribution is -0.438. The van der Waals surface area contributed by atoms with E-state index in [2.05, 4.69) is 0 Å². The molecule has 3 aromatic carbocycles. The molecule has 5 rings (SSSR count). The van der Waals surface area contributed by atoms with Crippen molar-refractivity contribution in [2.24, 2.45) is 0 Å². The van der Waals surface area contributed by atoms with Crippen LogP contribution in [0.2, 0.25) is 0 Å². The Hall–Kier alpha value is -4.80. The summed E-state index contributed by atoms with van der Waals surface area (Å²) in [5.41, 5.74) is 3.22. The summed E-state index contributed by atoms with van der Waals surface area (Å²) in [4.78, 5) is 13.3. The van der Waals surface area contributed by atoms with Crippen LogP contribution < -0.4 is 4.90 Å². The zero-order chi connectivity index (χ0) is 46.1. The number of rotatable bonds is 18. The van der Waals surface area contributed by atoms with Crippen molar-refractivity contribution in [3.63, 3.8) is 0 Å². The smallest absolute Gasteiger partial charge is 0.335 e. The standard InChI is InChI=1S/C42H48N2O14S4/c1-41(2)34-27-32(61(53,54)55)18-20-36(34)43(22-5-7-24-59(47,48)49)38(41)16-10-12-29(30-14-9-15-31(26-30)40(45)46)13-11-17-39-42(3,4)35-28-33(62(56,57)58)19-21-37(35)44(39)23-6-8-25-60(50,51)52/h9-21,26-28H,5-8,22-25H2,1-4H3,(H4-,45,46,47,48,49,50,51,52,53,54,55,56,57,58)/p+1. The Kier molecular flexibility index (Phi) is 14.1. The predicted molar refractivity (Wildman–Crippen MR) is 235 cm³/mol. The molecule has 0 radical (unpaired) electrons. The molecule has 0 amide bonds. The van der Waals surface area contributed by atoms with Gasteiger partial charge in [0.25, 0.3) is 40.5 Å². The average Bonchev–Trinajstić information content (AvgIpc) is 3.50. The lowest BCUT2D eigenvalue weighted by Gasteiger charge is -2.27. The molecule has 20 heteroatoms. The Morgan fingerprint density at radius 3 is 1.87 bits per heavy atom. The number of allylic oxidation sites excluding steroid dienone is 8. The van der Waals surface area contributed by atoms with Gasteiger partial charge in [-0.2, -0.15) is 38.2 Å². The molecule has 334 valence electrons. The van der Waals surface area contributed by atoms with E-state index in [9.17, 15) is 61.8 Å². The molecule has 0 bridgehead atoms. The number of carboxylic acid groups (broad SMARTS) is 1. The largest absolute Gasteiger partial charge is 0.478 e. The lowest BCUT2D eigenvalue weighted by Crippen LogP contribution is -2.28. The summed E-state index contributed by atoms with van der Waals surface area (Å²) in [6, 6.07) is 14.7. The molecular formula is C42H49N2O14S4+. The van der Waals surface area contributed by atoms with Gasteiger partial charge in [0.2, 0.25) is 5.69 Å². The molecule has 16 nitrogen and oxygen atoms in total. The predicted octanol–water partition coefficient (Wildman–Crippen LogP) is 6.47. The molecule has 0 atom stereocenters. The zero-order valence-electron chi connectivity index (χ0n) is 34.3. The SMILES string of the molecule is CC1(C)C(=CC=CC(=CC=CC2=[N+](CCCCS(=O)(=O)O)c3ccc(S(=O)(=O)O)cc3C2(C)C)c2cccc(C(=O)O)c2)N(CCCCS(=O)(=O)O)c2ccc(S(=O)(=O)O)cc21. The summed E-state index contributed by atoms with van der Waals surface area (Å²) < 4.78 is 134. The second-order valence-corrected chi connectivity index (χ2v) is 22.0. The summed E-state index contributed by atoms with van der Waals surface area (Å²) in [5, 5.41) is 9.81. The van der Waals surface area contributed by atoms with Crippen molar-refractivity contribution in [1.29, 1.82) is 0 Å². The minimum absolute atomic E-state index is 0.0228. The molecule has 0 unspecified atom stereocenters. The monoisotopic (exact) mass is 933 g/mol. The number of anilines is 1. The van der Waals surface area contributed by atoms with Crippen LogP contribution in [0, 0.1) is 0 Å². The van der Waals surface area contributed by atoms with Crippen molar-refractivity contribution < 1.29 is 66.4 Å². The Morgan fingerprint density at radius 2 is 1.27 bits per heavy atom. The van der Waals surface area contributed by atoms with E-state index in [1.54, 1.807) is 60.7 Å². The van der Waals surface area contributed by atoms with Crippen molar-refractivity contribution in [3.8, 4) is 0 Å². The van der Waals surface area contributed by atoms with Gasteiger partial charge in [-0.1, -0.05) is 50.3 Å². The number of unbranched alkanes of at least 4 members (excludes halogenated alkanes) is 2. The first kappa shape index (κ1) is 48.2. The van der Waals surface area contributed by atoms with E-state index in [1.165, 1.54) is 36.4 Å². The minimum Gasteiger partial charge on any atom is -0.478 e. The molecule has 0 aliphatic carbocycles. The summed E-state index contributed by atoms with van der Waals surface area (Å²) in [5.74, 6) is -2.05. The lowest BCUT2D eigenvalue weighted by atomic mass is 9.81. The summed E-state index contributed by atoms with van der Waals surface area (Å²) in [6.45, 7) is 8.02. The van der Waals surface area contributed by atoms with E-state index in [-0.39, 0.29) is 41.3 Å². The van der Waals surface area contributed by atoms with Gasteiger partial charge in [-0.3, -0.25) is 18.2 Å². The molecule has 2 heterocycles. The fraction of sp³-hybridized carbons (Fsp3) is 0.333. The third kappa shape index (κ3) is 11.4. The van der Waals surface area contributed by atoms with E-state index in [0.717, 1.165) is 0 Å². The van der Waals surface area contributed by atoms with Crippen LogP contribution >= 0.6 is 0 Å². The van der Waals surface area contributed by atoms with Gasteiger partial charge in [-0.05, 0) is 98.4 Å². The highest BCUT2D eigenvalue weighted by Gasteiger charge is 2.45. The first-order valence-corrected chi connectivity index (χ1v) is 25.4. The van der Waals surface area contributed by atoms with Crippen LogP contribution in [0.15, 0.2) is 113 Å². The van der Waals surface area contributed by atoms with Crippen molar-refractivity contribution >= 4 is 69.1 Å². The second kappa shape index (κ2) is 18.1. The highest BCUT2D eigenvalue weighted by molar-refractivity contribution is 7.86. The Balaban J connectivity index is 1.60. The molecule has 0 saturated heterocycles. The quantitative estimate of drug-likeness (QED) is 0.0396. The van der Waals surface area contributed by atoms with Gasteiger partial charge >= 0.3 is 5.97 Å². The van der Waals surface area contributed by atoms with Gasteiger partial charge in [0.15, 0.2) is 5.71 Å². The maximum atomic E-state index is 12.1. The number of hydrogen-bond acceptors (Lipinski definition) is 10. The van der Waals surface area contributed by atoms with Crippen molar-refractivity contribution in [1.82, 2.24) is 0 Å². The summed E-state index contributed by atoms with van der Waals surface area (Å²) in [7, 11) is -17.5. The van der Waals surface area contributed by atoms with E-state index >= 15 is 0 Å². The van der Waals surface area contributed by atoms with E-state index < -0.39 is 68.8 Å². The maximum absolute atomic E-state index is 12.1. The zero-order valence-corrected chi connectivity index (χ0v) is 37.6. The Bertz CT molecular complexity index is 2890. The van der Waals surface area contributed by atoms with E-state index in [4.69, 9.17) is 0 Å². The molecule has 3 aromatic rings. The van der Waals surface area contributed by atoms with Gasteiger partial charge in [0.1, 0.15) is 6.54 Å². The highest BCUT2D eigenvalue weighted by Crippen LogP contribution is 2.49. The topological polar surface area (TPSA) is 261 Å². The van der Waals surface area contributed by atoms with Gasteiger partial charge in [0, 0.05) is 47.5 Å². The minimum atomic E-state index is -4.55. The molecular weight excluding hydrogens is 885 g/mol.